The second kappa shape index (κ2) is 9.08. The summed E-state index contributed by atoms with van der Waals surface area (Å²) in [5.41, 5.74) is 2.97. The summed E-state index contributed by atoms with van der Waals surface area (Å²) in [4.78, 5) is 21.9. The molecule has 3 atom stereocenters. The Hall–Kier alpha value is -3.02. The zero-order valence-corrected chi connectivity index (χ0v) is 19.5. The number of rotatable bonds is 7. The normalized spacial score (nSPS) is 20.6. The number of imidazole rings is 2. The molecule has 0 saturated heterocycles. The van der Waals surface area contributed by atoms with Gasteiger partial charge in [0.25, 0.3) is 0 Å². The van der Waals surface area contributed by atoms with Gasteiger partial charge < -0.3 is 14.4 Å². The van der Waals surface area contributed by atoms with Crippen molar-refractivity contribution in [1.82, 2.24) is 22.8 Å². The van der Waals surface area contributed by atoms with Crippen molar-refractivity contribution in [2.24, 2.45) is 11.8 Å². The van der Waals surface area contributed by atoms with Gasteiger partial charge in [-0.2, -0.15) is 12.7 Å². The van der Waals surface area contributed by atoms with Gasteiger partial charge in [-0.05, 0) is 12.0 Å². The van der Waals surface area contributed by atoms with E-state index in [-0.39, 0.29) is 6.61 Å². The minimum Gasteiger partial charge on any atom is -0.469 e. The van der Waals surface area contributed by atoms with E-state index in [1.807, 2.05) is 34.9 Å². The van der Waals surface area contributed by atoms with Crippen LogP contribution in [-0.2, 0) is 32.7 Å². The maximum Gasteiger partial charge on any atom is 0.310 e. The van der Waals surface area contributed by atoms with Crippen molar-refractivity contribution in [3.05, 3.63) is 71.8 Å². The number of carbonyl (C=O) groups excluding carboxylic acids is 1. The maximum atomic E-state index is 12.9. The van der Waals surface area contributed by atoms with Gasteiger partial charge in [-0.1, -0.05) is 30.3 Å². The Labute approximate surface area is 192 Å². The van der Waals surface area contributed by atoms with Crippen LogP contribution in [0.3, 0.4) is 0 Å². The zero-order chi connectivity index (χ0) is 23.8. The molecular formula is C22H27N5O5S. The van der Waals surface area contributed by atoms with Crippen LogP contribution in [0.15, 0.2) is 49.2 Å². The Morgan fingerprint density at radius 1 is 1.21 bits per heavy atom. The van der Waals surface area contributed by atoms with E-state index in [4.69, 9.17) is 4.74 Å². The first-order valence-corrected chi connectivity index (χ1v) is 11.9. The van der Waals surface area contributed by atoms with E-state index in [1.165, 1.54) is 33.7 Å². The third-order valence-electron chi connectivity index (χ3n) is 6.11. The van der Waals surface area contributed by atoms with Crippen molar-refractivity contribution in [2.45, 2.75) is 18.9 Å². The molecule has 1 aliphatic rings. The predicted octanol–water partition coefficient (Wildman–Crippen LogP) is 0.868. The van der Waals surface area contributed by atoms with Crippen molar-refractivity contribution in [3.63, 3.8) is 0 Å². The highest BCUT2D eigenvalue weighted by molar-refractivity contribution is 7.87. The van der Waals surface area contributed by atoms with Gasteiger partial charge in [0.2, 0.25) is 0 Å². The Balaban J connectivity index is 1.86. The highest BCUT2D eigenvalue weighted by Crippen LogP contribution is 2.43. The third kappa shape index (κ3) is 4.19. The molecule has 0 amide bonds. The van der Waals surface area contributed by atoms with Crippen LogP contribution in [0.5, 0.6) is 0 Å². The summed E-state index contributed by atoms with van der Waals surface area (Å²) in [6.07, 6.45) is 4.76. The molecule has 0 bridgehead atoms. The van der Waals surface area contributed by atoms with Crippen LogP contribution in [0.25, 0.3) is 0 Å². The van der Waals surface area contributed by atoms with Gasteiger partial charge in [0.05, 0.1) is 42.4 Å². The van der Waals surface area contributed by atoms with Crippen molar-refractivity contribution in [2.75, 3.05) is 27.8 Å². The molecule has 1 N–H and O–H groups in total. The minimum absolute atomic E-state index is 0.238. The highest BCUT2D eigenvalue weighted by atomic mass is 32.2. The molecule has 0 fully saturated rings. The van der Waals surface area contributed by atoms with Gasteiger partial charge in [0.15, 0.2) is 0 Å². The molecule has 33 heavy (non-hydrogen) atoms. The van der Waals surface area contributed by atoms with Crippen molar-refractivity contribution in [1.29, 1.82) is 0 Å². The molecule has 176 valence electrons. The molecule has 11 heteroatoms. The highest BCUT2D eigenvalue weighted by Gasteiger charge is 2.46. The summed E-state index contributed by atoms with van der Waals surface area (Å²) in [5.74, 6) is -2.31. The summed E-state index contributed by atoms with van der Waals surface area (Å²) >= 11 is 0. The number of nitrogens with zero attached hydrogens (tertiary/aromatic N) is 5. The van der Waals surface area contributed by atoms with Crippen LogP contribution < -0.4 is 0 Å². The molecule has 0 unspecified atom stereocenters. The predicted molar refractivity (Wildman–Crippen MR) is 120 cm³/mol. The van der Waals surface area contributed by atoms with Gasteiger partial charge in [-0.3, -0.25) is 4.79 Å². The van der Waals surface area contributed by atoms with Gasteiger partial charge in [0, 0.05) is 39.4 Å². The summed E-state index contributed by atoms with van der Waals surface area (Å²) in [7, 11) is 0.389. The second-order valence-electron chi connectivity index (χ2n) is 8.28. The number of esters is 1. The molecule has 1 aliphatic carbocycles. The van der Waals surface area contributed by atoms with E-state index in [0.717, 1.165) is 25.2 Å². The van der Waals surface area contributed by atoms with Gasteiger partial charge in [-0.25, -0.2) is 13.9 Å². The fraction of sp³-hybridized carbons (Fsp3) is 0.409. The molecule has 1 aromatic carbocycles. The first kappa shape index (κ1) is 23.1. The molecule has 0 saturated carbocycles. The first-order chi connectivity index (χ1) is 15.8. The van der Waals surface area contributed by atoms with Crippen LogP contribution in [0.4, 0.5) is 0 Å². The number of fused-ring (bicyclic) bond motifs is 1. The van der Waals surface area contributed by atoms with Gasteiger partial charge in [0.1, 0.15) is 6.33 Å². The minimum atomic E-state index is -3.78. The lowest BCUT2D eigenvalue weighted by Crippen LogP contribution is -2.39. The fourth-order valence-electron chi connectivity index (χ4n) is 4.44. The van der Waals surface area contributed by atoms with E-state index in [2.05, 4.69) is 9.97 Å². The van der Waals surface area contributed by atoms with Crippen molar-refractivity contribution >= 4 is 16.2 Å². The lowest BCUT2D eigenvalue weighted by atomic mass is 9.71. The van der Waals surface area contributed by atoms with E-state index in [9.17, 15) is 18.3 Å². The van der Waals surface area contributed by atoms with Crippen LogP contribution in [-0.4, -0.2) is 70.1 Å². The quantitative estimate of drug-likeness (QED) is 0.506. The van der Waals surface area contributed by atoms with Crippen LogP contribution in [0.1, 0.15) is 28.6 Å². The molecule has 2 heterocycles. The summed E-state index contributed by atoms with van der Waals surface area (Å²) < 4.78 is 34.4. The molecule has 4 rings (SSSR count). The molecule has 2 aromatic heterocycles. The number of carbonyl (C=O) groups is 1. The number of methoxy groups -OCH3 is 1. The van der Waals surface area contributed by atoms with Crippen molar-refractivity contribution < 1.29 is 23.1 Å². The number of benzene rings is 1. The fourth-order valence-corrected chi connectivity index (χ4v) is 5.22. The number of hydrogen-bond acceptors (Lipinski definition) is 7. The van der Waals surface area contributed by atoms with Crippen LogP contribution in [0, 0.1) is 11.8 Å². The smallest absolute Gasteiger partial charge is 0.310 e. The first-order valence-electron chi connectivity index (χ1n) is 10.5. The Kier molecular flexibility index (Phi) is 6.37. The number of aliphatic hydroxyl groups is 1. The summed E-state index contributed by atoms with van der Waals surface area (Å²) in [6, 6.07) is 9.83. The lowest BCUT2D eigenvalue weighted by molar-refractivity contribution is -0.149. The van der Waals surface area contributed by atoms with E-state index in [0.29, 0.717) is 18.7 Å². The number of hydrogen-bond donors (Lipinski definition) is 1. The molecule has 0 radical (unpaired) electrons. The van der Waals surface area contributed by atoms with E-state index >= 15 is 0 Å². The Bertz CT molecular complexity index is 1240. The molecule has 0 aliphatic heterocycles. The molecule has 0 spiro atoms. The Morgan fingerprint density at radius 2 is 1.94 bits per heavy atom. The van der Waals surface area contributed by atoms with Gasteiger partial charge >= 0.3 is 16.2 Å². The number of aromatic nitrogens is 4. The van der Waals surface area contributed by atoms with Gasteiger partial charge in [-0.15, -0.1) is 0 Å². The summed E-state index contributed by atoms with van der Waals surface area (Å²) in [5, 5.41) is 10.1. The topological polar surface area (TPSA) is 120 Å². The Morgan fingerprint density at radius 3 is 2.58 bits per heavy atom. The molecule has 10 nitrogen and oxygen atoms in total. The van der Waals surface area contributed by atoms with Crippen LogP contribution >= 0.6 is 0 Å². The third-order valence-corrected chi connectivity index (χ3v) is 7.76. The molecule has 3 aromatic rings. The van der Waals surface area contributed by atoms with Crippen LogP contribution in [0.2, 0.25) is 0 Å². The van der Waals surface area contributed by atoms with Crippen molar-refractivity contribution in [3.8, 4) is 0 Å². The summed E-state index contributed by atoms with van der Waals surface area (Å²) in [6.45, 7) is 0.284. The second-order valence-corrected chi connectivity index (χ2v) is 10.3. The lowest BCUT2D eigenvalue weighted by Gasteiger charge is -2.35. The SMILES string of the molecule is COC(=O)[C@@H]1[C@@H](CO)Cc2ncn(Cc3ccccc3)c2[C@H]1c1cn(S(=O)(=O)N(C)C)cn1. The van der Waals surface area contributed by atoms with E-state index in [1.54, 1.807) is 6.33 Å². The average molecular weight is 474 g/mol. The average Bonchev–Trinajstić information content (AvgIpc) is 3.46. The largest absolute Gasteiger partial charge is 0.469 e. The number of aliphatic hydroxyl groups excluding tert-OH is 1. The zero-order valence-electron chi connectivity index (χ0n) is 18.7. The monoisotopic (exact) mass is 473 g/mol. The molecular weight excluding hydrogens is 446 g/mol. The van der Waals surface area contributed by atoms with E-state index < -0.39 is 33.9 Å². The maximum absolute atomic E-state index is 12.9. The standard InChI is InChI=1S/C22H27N5O5S/c1-25(2)33(30,31)27-11-18(24-14-27)20-19(22(29)32-3)16(12-28)9-17-21(20)26(13-23-17)10-15-7-5-4-6-8-15/h4-8,11,13-14,16,19-20,28H,9-10,12H2,1-3H3/t16-,19-,20+/m1/s1. The number of ether oxygens (including phenoxy) is 1.